The lowest BCUT2D eigenvalue weighted by Gasteiger charge is -2.28. The maximum atomic E-state index is 12.1. The maximum Gasteiger partial charge on any atom is 0.460 e. The van der Waals surface area contributed by atoms with Gasteiger partial charge in [0, 0.05) is 0 Å². The van der Waals surface area contributed by atoms with Crippen LogP contribution in [0, 0.1) is 0 Å². The third-order valence-corrected chi connectivity index (χ3v) is 1.31. The summed E-state index contributed by atoms with van der Waals surface area (Å²) >= 11 is 0. The van der Waals surface area contributed by atoms with Crippen molar-refractivity contribution in [2.45, 2.75) is 24.2 Å². The lowest BCUT2D eigenvalue weighted by atomic mass is 10.1. The molecule has 0 radical (unpaired) electrons. The molecule has 1 unspecified atom stereocenters. The SMILES string of the molecule is O=C(O)C(F)C(F)(F)C(F)(F)C(F)(F)F. The van der Waals surface area contributed by atoms with Gasteiger partial charge in [-0.05, 0) is 0 Å². The Balaban J connectivity index is 5.28. The molecule has 0 aromatic rings. The first-order chi connectivity index (χ1) is 6.35. The van der Waals surface area contributed by atoms with Gasteiger partial charge < -0.3 is 5.11 Å². The fraction of sp³-hybridized carbons (Fsp3) is 0.800. The molecule has 2 nitrogen and oxygen atoms in total. The molecule has 0 aromatic carbocycles. The molecule has 0 aliphatic rings. The lowest BCUT2D eigenvalue weighted by Crippen LogP contribution is -2.58. The van der Waals surface area contributed by atoms with Crippen molar-refractivity contribution in [3.8, 4) is 0 Å². The average Bonchev–Trinajstić information content (AvgIpc) is 2.00. The highest BCUT2D eigenvalue weighted by atomic mass is 19.4. The van der Waals surface area contributed by atoms with Crippen LogP contribution in [0.3, 0.4) is 0 Å². The first-order valence-corrected chi connectivity index (χ1v) is 3.05. The van der Waals surface area contributed by atoms with Crippen LogP contribution in [0.25, 0.3) is 0 Å². The molecule has 0 saturated heterocycles. The molecule has 0 heterocycles. The van der Waals surface area contributed by atoms with E-state index in [0.717, 1.165) is 0 Å². The van der Waals surface area contributed by atoms with E-state index in [1.165, 1.54) is 0 Å². The smallest absolute Gasteiger partial charge is 0.460 e. The number of carboxylic acids is 1. The van der Waals surface area contributed by atoms with Crippen molar-refractivity contribution in [3.63, 3.8) is 0 Å². The van der Waals surface area contributed by atoms with E-state index < -0.39 is 30.2 Å². The predicted octanol–water partition coefficient (Wildman–Crippen LogP) is 2.24. The first kappa shape index (κ1) is 13.9. The summed E-state index contributed by atoms with van der Waals surface area (Å²) in [5.74, 6) is -16.2. The number of hydrogen-bond donors (Lipinski definition) is 1. The van der Waals surface area contributed by atoms with E-state index >= 15 is 0 Å². The van der Waals surface area contributed by atoms with Crippen LogP contribution >= 0.6 is 0 Å². The third kappa shape index (κ3) is 2.12. The van der Waals surface area contributed by atoms with Crippen LogP contribution in [0.4, 0.5) is 35.1 Å². The molecule has 0 aliphatic carbocycles. The zero-order valence-corrected chi connectivity index (χ0v) is 6.46. The molecule has 90 valence electrons. The number of carbonyl (C=O) groups is 1. The van der Waals surface area contributed by atoms with E-state index in [1.807, 2.05) is 0 Å². The average molecular weight is 246 g/mol. The van der Waals surface area contributed by atoms with Gasteiger partial charge in [-0.25, -0.2) is 9.18 Å². The fourth-order valence-corrected chi connectivity index (χ4v) is 0.503. The Kier molecular flexibility index (Phi) is 3.24. The van der Waals surface area contributed by atoms with Gasteiger partial charge in [-0.3, -0.25) is 0 Å². The highest BCUT2D eigenvalue weighted by molar-refractivity contribution is 5.73. The lowest BCUT2D eigenvalue weighted by molar-refractivity contribution is -0.363. The van der Waals surface area contributed by atoms with Gasteiger partial charge >= 0.3 is 24.0 Å². The van der Waals surface area contributed by atoms with Crippen LogP contribution in [-0.2, 0) is 4.79 Å². The molecular formula is C5H2F8O2. The molecule has 0 amide bonds. The summed E-state index contributed by atoms with van der Waals surface area (Å²) < 4.78 is 94.2. The second-order valence-electron chi connectivity index (χ2n) is 2.40. The molecule has 0 bridgehead atoms. The number of rotatable bonds is 3. The van der Waals surface area contributed by atoms with Crippen molar-refractivity contribution >= 4 is 5.97 Å². The van der Waals surface area contributed by atoms with Gasteiger partial charge in [-0.15, -0.1) is 0 Å². The third-order valence-electron chi connectivity index (χ3n) is 1.31. The summed E-state index contributed by atoms with van der Waals surface area (Å²) in [5, 5.41) is 7.59. The van der Waals surface area contributed by atoms with Gasteiger partial charge in [-0.2, -0.15) is 30.7 Å². The van der Waals surface area contributed by atoms with Gasteiger partial charge in [0.2, 0.25) is 0 Å². The zero-order valence-electron chi connectivity index (χ0n) is 6.46. The Hall–Kier alpha value is -1.09. The molecule has 0 aromatic heterocycles. The van der Waals surface area contributed by atoms with Crippen molar-refractivity contribution in [1.82, 2.24) is 0 Å². The topological polar surface area (TPSA) is 37.3 Å². The predicted molar refractivity (Wildman–Crippen MR) is 28.5 cm³/mol. The second-order valence-corrected chi connectivity index (χ2v) is 2.40. The van der Waals surface area contributed by atoms with Gasteiger partial charge in [0.25, 0.3) is 6.17 Å². The summed E-state index contributed by atoms with van der Waals surface area (Å²) in [5.41, 5.74) is 0. The Morgan fingerprint density at radius 2 is 1.33 bits per heavy atom. The fourth-order valence-electron chi connectivity index (χ4n) is 0.503. The summed E-state index contributed by atoms with van der Waals surface area (Å²) in [7, 11) is 0. The van der Waals surface area contributed by atoms with E-state index in [-0.39, 0.29) is 0 Å². The first-order valence-electron chi connectivity index (χ1n) is 3.05. The normalized spacial score (nSPS) is 16.3. The number of hydrogen-bond acceptors (Lipinski definition) is 1. The largest absolute Gasteiger partial charge is 0.479 e. The molecule has 0 saturated carbocycles. The van der Waals surface area contributed by atoms with E-state index in [2.05, 4.69) is 0 Å². The minimum absolute atomic E-state index is 3.11. The quantitative estimate of drug-likeness (QED) is 0.775. The standard InChI is InChI=1S/C5H2F8O2/c6-1(2(14)15)3(7,8)4(9,10)5(11,12)13/h1H,(H,14,15). The van der Waals surface area contributed by atoms with E-state index in [9.17, 15) is 39.9 Å². The van der Waals surface area contributed by atoms with Gasteiger partial charge in [0.05, 0.1) is 0 Å². The van der Waals surface area contributed by atoms with Gasteiger partial charge in [0.15, 0.2) is 0 Å². The van der Waals surface area contributed by atoms with E-state index in [1.54, 1.807) is 0 Å². The Morgan fingerprint density at radius 3 is 1.53 bits per heavy atom. The highest BCUT2D eigenvalue weighted by Gasteiger charge is 2.77. The monoisotopic (exact) mass is 246 g/mol. The summed E-state index contributed by atoms with van der Waals surface area (Å²) in [6, 6.07) is 0. The summed E-state index contributed by atoms with van der Waals surface area (Å²) in [4.78, 5) is 9.56. The number of aliphatic carboxylic acids is 1. The Morgan fingerprint density at radius 1 is 1.00 bits per heavy atom. The number of alkyl halides is 8. The van der Waals surface area contributed by atoms with Crippen molar-refractivity contribution in [2.75, 3.05) is 0 Å². The summed E-state index contributed by atoms with van der Waals surface area (Å²) in [6.07, 6.45) is -11.4. The van der Waals surface area contributed by atoms with Crippen LogP contribution in [0.5, 0.6) is 0 Å². The Bertz CT molecular complexity index is 256. The second kappa shape index (κ2) is 3.49. The van der Waals surface area contributed by atoms with E-state index in [0.29, 0.717) is 0 Å². The summed E-state index contributed by atoms with van der Waals surface area (Å²) in [6.45, 7) is 0. The van der Waals surface area contributed by atoms with Gasteiger partial charge in [0.1, 0.15) is 0 Å². The maximum absolute atomic E-state index is 12.1. The van der Waals surface area contributed by atoms with Crippen LogP contribution in [-0.4, -0.2) is 35.3 Å². The van der Waals surface area contributed by atoms with Crippen LogP contribution in [0.2, 0.25) is 0 Å². The van der Waals surface area contributed by atoms with Crippen LogP contribution in [0.15, 0.2) is 0 Å². The molecule has 0 spiro atoms. The molecule has 1 atom stereocenters. The molecular weight excluding hydrogens is 244 g/mol. The zero-order chi connectivity index (χ0) is 12.7. The van der Waals surface area contributed by atoms with Gasteiger partial charge in [-0.1, -0.05) is 0 Å². The van der Waals surface area contributed by atoms with Crippen LogP contribution in [0.1, 0.15) is 0 Å². The molecule has 0 fully saturated rings. The van der Waals surface area contributed by atoms with Crippen molar-refractivity contribution in [2.24, 2.45) is 0 Å². The minimum atomic E-state index is -6.75. The van der Waals surface area contributed by atoms with Crippen LogP contribution < -0.4 is 0 Å². The molecule has 0 aliphatic heterocycles. The Labute approximate surface area is 76.5 Å². The minimum Gasteiger partial charge on any atom is -0.479 e. The van der Waals surface area contributed by atoms with Crippen molar-refractivity contribution in [1.29, 1.82) is 0 Å². The molecule has 10 heteroatoms. The molecule has 1 N–H and O–H groups in total. The van der Waals surface area contributed by atoms with E-state index in [4.69, 9.17) is 5.11 Å². The highest BCUT2D eigenvalue weighted by Crippen LogP contribution is 2.48. The molecule has 0 rings (SSSR count). The number of carboxylic acid groups (broad SMARTS) is 1. The molecule has 15 heavy (non-hydrogen) atoms. The van der Waals surface area contributed by atoms with Crippen molar-refractivity contribution < 1.29 is 45.0 Å². The van der Waals surface area contributed by atoms with Crippen molar-refractivity contribution in [3.05, 3.63) is 0 Å². The number of halogens is 8.